The Morgan fingerprint density at radius 1 is 1.50 bits per heavy atom. The summed E-state index contributed by atoms with van der Waals surface area (Å²) in [6.45, 7) is 3.93. The molecule has 0 aliphatic heterocycles. The number of nitrogens with one attached hydrogen (secondary N) is 1. The molecule has 1 atom stereocenters. The topological polar surface area (TPSA) is 55.2 Å². The fraction of sp³-hybridized carbons (Fsp3) is 0.500. The molecule has 1 unspecified atom stereocenters. The van der Waals surface area contributed by atoms with Crippen molar-refractivity contribution in [1.29, 1.82) is 0 Å². The first-order chi connectivity index (χ1) is 7.59. The van der Waals surface area contributed by atoms with E-state index in [1.165, 1.54) is 12.8 Å². The van der Waals surface area contributed by atoms with Crippen molar-refractivity contribution in [2.45, 2.75) is 32.7 Å². The Morgan fingerprint density at radius 2 is 2.19 bits per heavy atom. The molecule has 1 saturated carbocycles. The highest BCUT2D eigenvalue weighted by molar-refractivity contribution is 5.60. The fourth-order valence-electron chi connectivity index (χ4n) is 1.94. The lowest BCUT2D eigenvalue weighted by Crippen LogP contribution is -2.18. The molecule has 1 fully saturated rings. The summed E-state index contributed by atoms with van der Waals surface area (Å²) in [4.78, 5) is 10.5. The summed E-state index contributed by atoms with van der Waals surface area (Å²) in [7, 11) is 0. The Kier molecular flexibility index (Phi) is 2.81. The number of hydrogen-bond acceptors (Lipinski definition) is 3. The molecule has 1 aliphatic rings. The maximum Gasteiger partial charge on any atom is 0.274 e. The molecule has 86 valence electrons. The Labute approximate surface area is 94.8 Å². The van der Waals surface area contributed by atoms with E-state index in [4.69, 9.17) is 0 Å². The molecule has 4 heteroatoms. The molecule has 0 spiro atoms. The maximum atomic E-state index is 10.8. The molecule has 1 aromatic carbocycles. The van der Waals surface area contributed by atoms with Crippen LogP contribution in [-0.4, -0.2) is 11.0 Å². The van der Waals surface area contributed by atoms with E-state index in [0.29, 0.717) is 6.04 Å². The third kappa shape index (κ3) is 2.15. The Morgan fingerprint density at radius 3 is 2.75 bits per heavy atom. The SMILES string of the molecule is Cc1c(NC(C)C2CC2)cccc1[N+](=O)[O-]. The van der Waals surface area contributed by atoms with Gasteiger partial charge in [-0.3, -0.25) is 10.1 Å². The predicted octanol–water partition coefficient (Wildman–Crippen LogP) is 3.11. The molecule has 16 heavy (non-hydrogen) atoms. The Bertz CT molecular complexity index is 413. The van der Waals surface area contributed by atoms with E-state index < -0.39 is 0 Å². The molecule has 0 heterocycles. The summed E-state index contributed by atoms with van der Waals surface area (Å²) < 4.78 is 0. The van der Waals surface area contributed by atoms with Crippen molar-refractivity contribution >= 4 is 11.4 Å². The molecule has 0 aromatic heterocycles. The number of hydrogen-bond donors (Lipinski definition) is 1. The fourth-order valence-corrected chi connectivity index (χ4v) is 1.94. The summed E-state index contributed by atoms with van der Waals surface area (Å²) in [5.74, 6) is 0.735. The van der Waals surface area contributed by atoms with Gasteiger partial charge in [0, 0.05) is 23.4 Å². The molecule has 1 aliphatic carbocycles. The third-order valence-corrected chi connectivity index (χ3v) is 3.21. The first-order valence-electron chi connectivity index (χ1n) is 5.60. The Hall–Kier alpha value is -1.58. The summed E-state index contributed by atoms with van der Waals surface area (Å²) >= 11 is 0. The summed E-state index contributed by atoms with van der Waals surface area (Å²) in [6, 6.07) is 5.58. The monoisotopic (exact) mass is 220 g/mol. The van der Waals surface area contributed by atoms with Gasteiger partial charge >= 0.3 is 0 Å². The van der Waals surface area contributed by atoms with Gasteiger partial charge in [-0.05, 0) is 38.7 Å². The van der Waals surface area contributed by atoms with Crippen LogP contribution in [0.4, 0.5) is 11.4 Å². The van der Waals surface area contributed by atoms with Gasteiger partial charge in [0.25, 0.3) is 5.69 Å². The van der Waals surface area contributed by atoms with Crippen molar-refractivity contribution in [2.75, 3.05) is 5.32 Å². The number of nitrogens with zero attached hydrogens (tertiary/aromatic N) is 1. The number of nitro groups is 1. The van der Waals surface area contributed by atoms with Gasteiger partial charge in [0.05, 0.1) is 4.92 Å². The molecular formula is C12H16N2O2. The van der Waals surface area contributed by atoms with Crippen LogP contribution in [0.15, 0.2) is 18.2 Å². The van der Waals surface area contributed by atoms with Crippen LogP contribution in [-0.2, 0) is 0 Å². The third-order valence-electron chi connectivity index (χ3n) is 3.21. The van der Waals surface area contributed by atoms with Crippen LogP contribution in [0, 0.1) is 23.0 Å². The highest BCUT2D eigenvalue weighted by Gasteiger charge is 2.28. The maximum absolute atomic E-state index is 10.8. The zero-order chi connectivity index (χ0) is 11.7. The van der Waals surface area contributed by atoms with Crippen molar-refractivity contribution in [2.24, 2.45) is 5.92 Å². The standard InChI is InChI=1S/C12H16N2O2/c1-8-11(13-9(2)10-6-7-10)4-3-5-12(8)14(15)16/h3-5,9-10,13H,6-7H2,1-2H3. The summed E-state index contributed by atoms with van der Waals surface area (Å²) in [5.41, 5.74) is 1.79. The molecule has 2 rings (SSSR count). The molecule has 0 amide bonds. The van der Waals surface area contributed by atoms with Gasteiger partial charge in [-0.1, -0.05) is 6.07 Å². The quantitative estimate of drug-likeness (QED) is 0.626. The summed E-state index contributed by atoms with van der Waals surface area (Å²) in [6.07, 6.45) is 2.53. The van der Waals surface area contributed by atoms with E-state index in [2.05, 4.69) is 12.2 Å². The van der Waals surface area contributed by atoms with Gasteiger partial charge in [-0.2, -0.15) is 0 Å². The zero-order valence-corrected chi connectivity index (χ0v) is 9.56. The normalized spacial score (nSPS) is 16.9. The van der Waals surface area contributed by atoms with E-state index in [-0.39, 0.29) is 10.6 Å². The van der Waals surface area contributed by atoms with Gasteiger partial charge in [-0.25, -0.2) is 0 Å². The van der Waals surface area contributed by atoms with E-state index >= 15 is 0 Å². The van der Waals surface area contributed by atoms with Crippen molar-refractivity contribution in [1.82, 2.24) is 0 Å². The van der Waals surface area contributed by atoms with E-state index in [0.717, 1.165) is 17.2 Å². The second kappa shape index (κ2) is 4.12. The first-order valence-corrected chi connectivity index (χ1v) is 5.60. The first kappa shape index (κ1) is 10.9. The highest BCUT2D eigenvalue weighted by atomic mass is 16.6. The van der Waals surface area contributed by atoms with Crippen LogP contribution in [0.3, 0.4) is 0 Å². The molecule has 4 nitrogen and oxygen atoms in total. The molecule has 0 saturated heterocycles. The summed E-state index contributed by atoms with van der Waals surface area (Å²) in [5, 5.41) is 14.1. The van der Waals surface area contributed by atoms with Crippen LogP contribution in [0.25, 0.3) is 0 Å². The van der Waals surface area contributed by atoms with E-state index in [1.807, 2.05) is 6.07 Å². The largest absolute Gasteiger partial charge is 0.382 e. The number of rotatable bonds is 4. The van der Waals surface area contributed by atoms with Crippen LogP contribution in [0.2, 0.25) is 0 Å². The molecular weight excluding hydrogens is 204 g/mol. The minimum Gasteiger partial charge on any atom is -0.382 e. The zero-order valence-electron chi connectivity index (χ0n) is 9.56. The van der Waals surface area contributed by atoms with E-state index in [1.54, 1.807) is 19.1 Å². The average Bonchev–Trinajstić information content (AvgIpc) is 3.03. The minimum absolute atomic E-state index is 0.188. The van der Waals surface area contributed by atoms with Gasteiger partial charge in [0.15, 0.2) is 0 Å². The minimum atomic E-state index is -0.331. The second-order valence-corrected chi connectivity index (χ2v) is 4.48. The lowest BCUT2D eigenvalue weighted by Gasteiger charge is -2.16. The number of anilines is 1. The number of nitro benzene ring substituents is 1. The van der Waals surface area contributed by atoms with Crippen molar-refractivity contribution in [3.8, 4) is 0 Å². The van der Waals surface area contributed by atoms with Crippen molar-refractivity contribution < 1.29 is 4.92 Å². The highest BCUT2D eigenvalue weighted by Crippen LogP contribution is 2.35. The van der Waals surface area contributed by atoms with Gasteiger partial charge in [0.1, 0.15) is 0 Å². The van der Waals surface area contributed by atoms with Gasteiger partial charge < -0.3 is 5.32 Å². The van der Waals surface area contributed by atoms with Gasteiger partial charge in [0.2, 0.25) is 0 Å². The predicted molar refractivity (Wildman–Crippen MR) is 63.6 cm³/mol. The van der Waals surface area contributed by atoms with Crippen LogP contribution >= 0.6 is 0 Å². The molecule has 1 N–H and O–H groups in total. The van der Waals surface area contributed by atoms with Crippen LogP contribution in [0.1, 0.15) is 25.3 Å². The van der Waals surface area contributed by atoms with Crippen molar-refractivity contribution in [3.63, 3.8) is 0 Å². The van der Waals surface area contributed by atoms with E-state index in [9.17, 15) is 10.1 Å². The molecule has 0 radical (unpaired) electrons. The lowest BCUT2D eigenvalue weighted by molar-refractivity contribution is -0.385. The smallest absolute Gasteiger partial charge is 0.274 e. The van der Waals surface area contributed by atoms with Crippen LogP contribution < -0.4 is 5.32 Å². The van der Waals surface area contributed by atoms with Crippen molar-refractivity contribution in [3.05, 3.63) is 33.9 Å². The van der Waals surface area contributed by atoms with Gasteiger partial charge in [-0.15, -0.1) is 0 Å². The van der Waals surface area contributed by atoms with Crippen LogP contribution in [0.5, 0.6) is 0 Å². The lowest BCUT2D eigenvalue weighted by atomic mass is 10.1. The second-order valence-electron chi connectivity index (χ2n) is 4.48. The molecule has 0 bridgehead atoms. The number of benzene rings is 1. The Balaban J connectivity index is 2.19. The molecule has 1 aromatic rings. The average molecular weight is 220 g/mol.